The molecular formula is C23H21N3O6. The third-order valence-corrected chi connectivity index (χ3v) is 4.92. The van der Waals surface area contributed by atoms with Crippen molar-refractivity contribution in [2.45, 2.75) is 19.9 Å². The molecule has 0 aliphatic carbocycles. The van der Waals surface area contributed by atoms with E-state index < -0.39 is 23.5 Å². The lowest BCUT2D eigenvalue weighted by Crippen LogP contribution is -2.33. The molecular weight excluding hydrogens is 414 g/mol. The molecule has 0 spiro atoms. The molecule has 1 aromatic heterocycles. The van der Waals surface area contributed by atoms with Crippen LogP contribution in [0, 0.1) is 0 Å². The number of hydrogen-bond donors (Lipinski definition) is 1. The van der Waals surface area contributed by atoms with Gasteiger partial charge >= 0.3 is 5.97 Å². The Hall–Kier alpha value is -4.14. The number of hydrogen-bond acceptors (Lipinski definition) is 7. The van der Waals surface area contributed by atoms with Crippen LogP contribution in [0.15, 0.2) is 59.4 Å². The second-order valence-corrected chi connectivity index (χ2v) is 7.00. The van der Waals surface area contributed by atoms with Crippen molar-refractivity contribution < 1.29 is 23.8 Å². The van der Waals surface area contributed by atoms with Gasteiger partial charge in [-0.25, -0.2) is 9.48 Å². The van der Waals surface area contributed by atoms with E-state index in [1.54, 1.807) is 62.4 Å². The molecule has 1 N–H and O–H groups in total. The van der Waals surface area contributed by atoms with Gasteiger partial charge in [-0.3, -0.25) is 9.59 Å². The maximum atomic E-state index is 12.9. The smallest absolute Gasteiger partial charge is 0.340 e. The summed E-state index contributed by atoms with van der Waals surface area (Å²) in [6, 6.07) is 13.8. The number of esters is 1. The lowest BCUT2D eigenvalue weighted by atomic mass is 10.1. The van der Waals surface area contributed by atoms with Crippen LogP contribution in [0.25, 0.3) is 11.3 Å². The van der Waals surface area contributed by atoms with Crippen molar-refractivity contribution in [3.63, 3.8) is 0 Å². The topological polar surface area (TPSA) is 109 Å². The Labute approximate surface area is 183 Å². The van der Waals surface area contributed by atoms with Crippen molar-refractivity contribution in [1.29, 1.82) is 0 Å². The molecule has 164 valence electrons. The van der Waals surface area contributed by atoms with Gasteiger partial charge in [0.2, 0.25) is 12.7 Å². The fourth-order valence-electron chi connectivity index (χ4n) is 3.24. The number of aromatic nitrogens is 2. The highest BCUT2D eigenvalue weighted by Gasteiger charge is 2.21. The summed E-state index contributed by atoms with van der Waals surface area (Å²) in [6.07, 6.45) is 0. The molecule has 0 saturated heterocycles. The molecule has 1 unspecified atom stereocenters. The number of nitrogens with one attached hydrogen (secondary N) is 1. The van der Waals surface area contributed by atoms with Crippen LogP contribution in [0.3, 0.4) is 0 Å². The molecule has 0 radical (unpaired) electrons. The summed E-state index contributed by atoms with van der Waals surface area (Å²) in [4.78, 5) is 37.5. The first-order valence-corrected chi connectivity index (χ1v) is 10.0. The van der Waals surface area contributed by atoms with Crippen LogP contribution in [0.4, 0.5) is 5.69 Å². The number of benzene rings is 2. The Kier molecular flexibility index (Phi) is 5.89. The van der Waals surface area contributed by atoms with Crippen LogP contribution in [0.5, 0.6) is 11.5 Å². The van der Waals surface area contributed by atoms with Crippen LogP contribution in [0.2, 0.25) is 0 Å². The molecule has 1 aliphatic heterocycles. The summed E-state index contributed by atoms with van der Waals surface area (Å²) in [5.41, 5.74) is 1.29. The molecule has 9 nitrogen and oxygen atoms in total. The number of rotatable bonds is 6. The van der Waals surface area contributed by atoms with Crippen LogP contribution >= 0.6 is 0 Å². The van der Waals surface area contributed by atoms with Gasteiger partial charge in [0.15, 0.2) is 11.5 Å². The normalized spacial score (nSPS) is 12.8. The van der Waals surface area contributed by atoms with Gasteiger partial charge < -0.3 is 19.5 Å². The summed E-state index contributed by atoms with van der Waals surface area (Å²) in [5, 5.41) is 7.07. The van der Waals surface area contributed by atoms with Gasteiger partial charge in [-0.1, -0.05) is 12.1 Å². The van der Waals surface area contributed by atoms with Gasteiger partial charge in [0.05, 0.1) is 23.6 Å². The Morgan fingerprint density at radius 3 is 2.72 bits per heavy atom. The van der Waals surface area contributed by atoms with Gasteiger partial charge in [0.25, 0.3) is 5.56 Å². The van der Waals surface area contributed by atoms with Crippen LogP contribution in [-0.4, -0.2) is 35.1 Å². The van der Waals surface area contributed by atoms with Crippen LogP contribution in [-0.2, 0) is 9.53 Å². The fraction of sp³-hybridized carbons (Fsp3) is 0.217. The predicted molar refractivity (Wildman–Crippen MR) is 116 cm³/mol. The van der Waals surface area contributed by atoms with E-state index >= 15 is 0 Å². The Bertz CT molecular complexity index is 1240. The highest BCUT2D eigenvalue weighted by atomic mass is 16.7. The number of ether oxygens (including phenoxy) is 3. The zero-order chi connectivity index (χ0) is 22.7. The van der Waals surface area contributed by atoms with Crippen molar-refractivity contribution in [2.75, 3.05) is 18.7 Å². The molecule has 4 rings (SSSR count). The van der Waals surface area contributed by atoms with E-state index in [0.29, 0.717) is 28.4 Å². The monoisotopic (exact) mass is 435 g/mol. The van der Waals surface area contributed by atoms with Crippen molar-refractivity contribution >= 4 is 17.6 Å². The van der Waals surface area contributed by atoms with E-state index in [9.17, 15) is 14.4 Å². The minimum absolute atomic E-state index is 0.149. The van der Waals surface area contributed by atoms with E-state index in [4.69, 9.17) is 14.2 Å². The molecule has 2 aromatic carbocycles. The van der Waals surface area contributed by atoms with Gasteiger partial charge in [-0.15, -0.1) is 0 Å². The minimum atomic E-state index is -0.938. The van der Waals surface area contributed by atoms with Crippen molar-refractivity contribution in [2.24, 2.45) is 0 Å². The quantitative estimate of drug-likeness (QED) is 0.593. The summed E-state index contributed by atoms with van der Waals surface area (Å²) >= 11 is 0. The molecule has 0 saturated carbocycles. The SMILES string of the molecule is CCOC(=O)c1ccccc1NC(=O)C(C)n1nc(-c2ccc3c(c2)OCO3)ccc1=O. The zero-order valence-electron chi connectivity index (χ0n) is 17.5. The number of carbonyl (C=O) groups is 2. The van der Waals surface area contributed by atoms with E-state index in [1.807, 2.05) is 0 Å². The zero-order valence-corrected chi connectivity index (χ0v) is 17.5. The van der Waals surface area contributed by atoms with Gasteiger partial charge in [-0.2, -0.15) is 5.10 Å². The second kappa shape index (κ2) is 8.93. The van der Waals surface area contributed by atoms with E-state index in [1.165, 1.54) is 6.07 Å². The largest absolute Gasteiger partial charge is 0.462 e. The molecule has 0 fully saturated rings. The number of para-hydroxylation sites is 1. The maximum Gasteiger partial charge on any atom is 0.340 e. The highest BCUT2D eigenvalue weighted by molar-refractivity contribution is 6.02. The molecule has 0 bridgehead atoms. The van der Waals surface area contributed by atoms with Gasteiger partial charge in [-0.05, 0) is 50.2 Å². The molecule has 9 heteroatoms. The minimum Gasteiger partial charge on any atom is -0.462 e. The van der Waals surface area contributed by atoms with E-state index in [2.05, 4.69) is 10.4 Å². The van der Waals surface area contributed by atoms with Crippen LogP contribution in [0.1, 0.15) is 30.2 Å². The number of fused-ring (bicyclic) bond motifs is 1. The first-order valence-electron chi connectivity index (χ1n) is 10.0. The van der Waals surface area contributed by atoms with Gasteiger partial charge in [0.1, 0.15) is 6.04 Å². The van der Waals surface area contributed by atoms with Crippen molar-refractivity contribution in [1.82, 2.24) is 9.78 Å². The lowest BCUT2D eigenvalue weighted by molar-refractivity contribution is -0.119. The Balaban J connectivity index is 1.59. The fourth-order valence-corrected chi connectivity index (χ4v) is 3.24. The third kappa shape index (κ3) is 4.18. The number of carbonyl (C=O) groups excluding carboxylic acids is 2. The Morgan fingerprint density at radius 2 is 1.91 bits per heavy atom. The van der Waals surface area contributed by atoms with Gasteiger partial charge in [0, 0.05) is 11.6 Å². The van der Waals surface area contributed by atoms with Crippen molar-refractivity contribution in [3.8, 4) is 22.8 Å². The van der Waals surface area contributed by atoms with Crippen LogP contribution < -0.4 is 20.3 Å². The first kappa shape index (κ1) is 21.1. The standard InChI is InChI=1S/C23H21N3O6/c1-3-30-23(29)16-6-4-5-7-18(16)24-22(28)14(2)26-21(27)11-9-17(25-26)15-8-10-19-20(12-15)32-13-31-19/h4-12,14H,3,13H2,1-2H3,(H,24,28). The predicted octanol–water partition coefficient (Wildman–Crippen LogP) is 3.02. The number of anilines is 1. The molecule has 2 heterocycles. The Morgan fingerprint density at radius 1 is 1.12 bits per heavy atom. The number of nitrogens with zero attached hydrogens (tertiary/aromatic N) is 2. The molecule has 1 atom stereocenters. The maximum absolute atomic E-state index is 12.9. The summed E-state index contributed by atoms with van der Waals surface area (Å²) < 4.78 is 16.8. The highest BCUT2D eigenvalue weighted by Crippen LogP contribution is 2.35. The number of amides is 1. The molecule has 1 amide bonds. The lowest BCUT2D eigenvalue weighted by Gasteiger charge is -2.16. The summed E-state index contributed by atoms with van der Waals surface area (Å²) in [7, 11) is 0. The van der Waals surface area contributed by atoms with E-state index in [-0.39, 0.29) is 19.0 Å². The average Bonchev–Trinajstić information content (AvgIpc) is 3.27. The second-order valence-electron chi connectivity index (χ2n) is 7.00. The first-order chi connectivity index (χ1) is 15.5. The molecule has 32 heavy (non-hydrogen) atoms. The molecule has 3 aromatic rings. The summed E-state index contributed by atoms with van der Waals surface area (Å²) in [5.74, 6) is 0.175. The molecule has 1 aliphatic rings. The van der Waals surface area contributed by atoms with Crippen molar-refractivity contribution in [3.05, 3.63) is 70.5 Å². The summed E-state index contributed by atoms with van der Waals surface area (Å²) in [6.45, 7) is 3.62. The third-order valence-electron chi connectivity index (χ3n) is 4.92. The van der Waals surface area contributed by atoms with E-state index in [0.717, 1.165) is 4.68 Å². The average molecular weight is 435 g/mol.